The second kappa shape index (κ2) is 4.84. The van der Waals surface area contributed by atoms with Crippen molar-refractivity contribution in [2.24, 2.45) is 5.92 Å². The van der Waals surface area contributed by atoms with Crippen LogP contribution in [-0.2, 0) is 4.74 Å². The Morgan fingerprint density at radius 2 is 2.06 bits per heavy atom. The summed E-state index contributed by atoms with van der Waals surface area (Å²) in [7, 11) is 0. The second-order valence-electron chi connectivity index (χ2n) is 6.16. The van der Waals surface area contributed by atoms with Gasteiger partial charge in [0.1, 0.15) is 5.60 Å². The molecular formula is C13H24N2O2. The van der Waals surface area contributed by atoms with E-state index in [1.807, 2.05) is 25.7 Å². The molecule has 2 saturated heterocycles. The molecule has 4 nitrogen and oxygen atoms in total. The van der Waals surface area contributed by atoms with Crippen molar-refractivity contribution in [1.82, 2.24) is 10.2 Å². The molecule has 4 heteroatoms. The molecule has 0 aromatic rings. The minimum Gasteiger partial charge on any atom is -0.444 e. The third kappa shape index (κ3) is 3.12. The molecule has 0 aromatic carbocycles. The fraction of sp³-hybridized carbons (Fsp3) is 0.923. The highest BCUT2D eigenvalue weighted by molar-refractivity contribution is 5.68. The van der Waals surface area contributed by atoms with E-state index in [4.69, 9.17) is 4.74 Å². The molecule has 0 unspecified atom stereocenters. The first-order chi connectivity index (χ1) is 7.97. The molecule has 0 spiro atoms. The van der Waals surface area contributed by atoms with Crippen LogP contribution in [-0.4, -0.2) is 42.3 Å². The van der Waals surface area contributed by atoms with Gasteiger partial charge in [0.25, 0.3) is 0 Å². The summed E-state index contributed by atoms with van der Waals surface area (Å²) in [6.45, 7) is 8.58. The number of nitrogens with zero attached hydrogens (tertiary/aromatic N) is 1. The van der Waals surface area contributed by atoms with Crippen LogP contribution in [0.3, 0.4) is 0 Å². The van der Waals surface area contributed by atoms with Gasteiger partial charge in [-0.2, -0.15) is 0 Å². The van der Waals surface area contributed by atoms with E-state index in [-0.39, 0.29) is 6.09 Å². The summed E-state index contributed by atoms with van der Waals surface area (Å²) in [6, 6.07) is 0.340. The zero-order valence-corrected chi connectivity index (χ0v) is 11.2. The highest BCUT2D eigenvalue weighted by Crippen LogP contribution is 2.27. The number of fused-ring (bicyclic) bond motifs is 1. The summed E-state index contributed by atoms with van der Waals surface area (Å²) in [6.07, 6.45) is 3.42. The Morgan fingerprint density at radius 1 is 1.29 bits per heavy atom. The van der Waals surface area contributed by atoms with Crippen molar-refractivity contribution >= 4 is 6.09 Å². The maximum absolute atomic E-state index is 12.2. The highest BCUT2D eigenvalue weighted by atomic mass is 16.6. The minimum absolute atomic E-state index is 0.141. The van der Waals surface area contributed by atoms with E-state index >= 15 is 0 Å². The van der Waals surface area contributed by atoms with Crippen LogP contribution in [0.25, 0.3) is 0 Å². The fourth-order valence-corrected chi connectivity index (χ4v) is 2.78. The zero-order valence-electron chi connectivity index (χ0n) is 11.2. The lowest BCUT2D eigenvalue weighted by Gasteiger charge is -2.32. The molecule has 2 aliphatic rings. The van der Waals surface area contributed by atoms with Crippen molar-refractivity contribution in [2.75, 3.05) is 19.6 Å². The predicted molar refractivity (Wildman–Crippen MR) is 66.9 cm³/mol. The van der Waals surface area contributed by atoms with Crippen LogP contribution in [0.5, 0.6) is 0 Å². The molecule has 0 aliphatic carbocycles. The molecule has 98 valence electrons. The predicted octanol–water partition coefficient (Wildman–Crippen LogP) is 2.00. The standard InChI is InChI=1S/C13H24N2O2/c1-13(2,3)17-12(16)15-7-5-4-6-10-8-14-9-11(10)15/h10-11,14H,4-9H2,1-3H3/t10-,11-/m1/s1. The van der Waals surface area contributed by atoms with Gasteiger partial charge < -0.3 is 15.0 Å². The van der Waals surface area contributed by atoms with Crippen molar-refractivity contribution in [3.05, 3.63) is 0 Å². The Bertz CT molecular complexity index is 286. The van der Waals surface area contributed by atoms with Gasteiger partial charge in [-0.1, -0.05) is 6.42 Å². The number of rotatable bonds is 0. The van der Waals surface area contributed by atoms with Crippen LogP contribution in [0.2, 0.25) is 0 Å². The summed E-state index contributed by atoms with van der Waals surface area (Å²) in [5, 5.41) is 3.39. The monoisotopic (exact) mass is 240 g/mol. The van der Waals surface area contributed by atoms with Gasteiger partial charge in [0.2, 0.25) is 0 Å². The molecule has 2 fully saturated rings. The van der Waals surface area contributed by atoms with E-state index in [1.165, 1.54) is 12.8 Å². The van der Waals surface area contributed by atoms with E-state index in [0.717, 1.165) is 26.1 Å². The van der Waals surface area contributed by atoms with Gasteiger partial charge in [0.05, 0.1) is 6.04 Å². The summed E-state index contributed by atoms with van der Waals surface area (Å²) < 4.78 is 5.50. The van der Waals surface area contributed by atoms with Crippen LogP contribution < -0.4 is 5.32 Å². The van der Waals surface area contributed by atoms with Gasteiger partial charge in [0.15, 0.2) is 0 Å². The quantitative estimate of drug-likeness (QED) is 0.704. The van der Waals surface area contributed by atoms with Crippen LogP contribution in [0.1, 0.15) is 40.0 Å². The number of likely N-dealkylation sites (tertiary alicyclic amines) is 1. The maximum Gasteiger partial charge on any atom is 0.410 e. The largest absolute Gasteiger partial charge is 0.444 e. The van der Waals surface area contributed by atoms with E-state index in [0.29, 0.717) is 12.0 Å². The van der Waals surface area contributed by atoms with E-state index in [1.54, 1.807) is 0 Å². The lowest BCUT2D eigenvalue weighted by Crippen LogP contribution is -2.46. The summed E-state index contributed by atoms with van der Waals surface area (Å²) in [5.74, 6) is 0.616. The summed E-state index contributed by atoms with van der Waals surface area (Å²) in [5.41, 5.74) is -0.398. The van der Waals surface area contributed by atoms with Crippen molar-refractivity contribution < 1.29 is 9.53 Å². The Labute approximate surface area is 104 Å². The van der Waals surface area contributed by atoms with Gasteiger partial charge in [0, 0.05) is 19.6 Å². The second-order valence-corrected chi connectivity index (χ2v) is 6.16. The van der Waals surface area contributed by atoms with Crippen LogP contribution in [0.4, 0.5) is 4.79 Å². The molecule has 2 atom stereocenters. The molecule has 0 bridgehead atoms. The average molecular weight is 240 g/mol. The van der Waals surface area contributed by atoms with Gasteiger partial charge in [-0.05, 0) is 39.5 Å². The maximum atomic E-state index is 12.2. The van der Waals surface area contributed by atoms with E-state index in [9.17, 15) is 4.79 Å². The number of carbonyl (C=O) groups is 1. The van der Waals surface area contributed by atoms with Crippen molar-refractivity contribution in [3.63, 3.8) is 0 Å². The lowest BCUT2D eigenvalue weighted by molar-refractivity contribution is 0.0155. The smallest absolute Gasteiger partial charge is 0.410 e. The van der Waals surface area contributed by atoms with E-state index in [2.05, 4.69) is 5.32 Å². The van der Waals surface area contributed by atoms with E-state index < -0.39 is 5.60 Å². The molecule has 1 N–H and O–H groups in total. The van der Waals surface area contributed by atoms with Crippen LogP contribution in [0, 0.1) is 5.92 Å². The van der Waals surface area contributed by atoms with Gasteiger partial charge in [-0.15, -0.1) is 0 Å². The molecule has 1 amide bonds. The Hall–Kier alpha value is -0.770. The van der Waals surface area contributed by atoms with Crippen molar-refractivity contribution in [3.8, 4) is 0 Å². The molecule has 0 aromatic heterocycles. The third-order valence-corrected chi connectivity index (χ3v) is 3.56. The first kappa shape index (κ1) is 12.7. The SMILES string of the molecule is CC(C)(C)OC(=O)N1CCCC[C@@H]2CNC[C@H]21. The lowest BCUT2D eigenvalue weighted by atomic mass is 9.98. The average Bonchev–Trinajstić information content (AvgIpc) is 2.55. The molecule has 17 heavy (non-hydrogen) atoms. The number of hydrogen-bond acceptors (Lipinski definition) is 3. The van der Waals surface area contributed by atoms with Crippen LogP contribution >= 0.6 is 0 Å². The number of hydrogen-bond donors (Lipinski definition) is 1. The molecule has 2 rings (SSSR count). The third-order valence-electron chi connectivity index (χ3n) is 3.56. The zero-order chi connectivity index (χ0) is 12.5. The summed E-state index contributed by atoms with van der Waals surface area (Å²) >= 11 is 0. The first-order valence-corrected chi connectivity index (χ1v) is 6.68. The molecule has 2 heterocycles. The van der Waals surface area contributed by atoms with Crippen LogP contribution in [0.15, 0.2) is 0 Å². The fourth-order valence-electron chi connectivity index (χ4n) is 2.78. The molecule has 0 saturated carbocycles. The number of amides is 1. The number of nitrogens with one attached hydrogen (secondary N) is 1. The number of ether oxygens (including phenoxy) is 1. The van der Waals surface area contributed by atoms with Gasteiger partial charge in [-0.3, -0.25) is 0 Å². The Balaban J connectivity index is 2.04. The normalized spacial score (nSPS) is 29.7. The minimum atomic E-state index is -0.398. The molecule has 0 radical (unpaired) electrons. The Kier molecular flexibility index (Phi) is 3.61. The molecular weight excluding hydrogens is 216 g/mol. The number of carbonyl (C=O) groups excluding carboxylic acids is 1. The molecule has 2 aliphatic heterocycles. The van der Waals surface area contributed by atoms with Crippen molar-refractivity contribution in [1.29, 1.82) is 0 Å². The van der Waals surface area contributed by atoms with Crippen molar-refractivity contribution in [2.45, 2.75) is 51.7 Å². The highest BCUT2D eigenvalue weighted by Gasteiger charge is 2.37. The van der Waals surface area contributed by atoms with Gasteiger partial charge in [-0.25, -0.2) is 4.79 Å². The Morgan fingerprint density at radius 3 is 2.76 bits per heavy atom. The summed E-state index contributed by atoms with van der Waals surface area (Å²) in [4.78, 5) is 14.1. The topological polar surface area (TPSA) is 41.6 Å². The van der Waals surface area contributed by atoms with Gasteiger partial charge >= 0.3 is 6.09 Å². The first-order valence-electron chi connectivity index (χ1n) is 6.68.